The number of morpholine rings is 1. The number of carbonyl (C=O) groups is 2. The monoisotopic (exact) mass is 269 g/mol. The Hall–Kier alpha value is -1.40. The molecule has 1 amide bonds. The molecule has 2 aliphatic rings. The number of hydrogen-bond donors (Lipinski definition) is 2. The number of carboxylic acids is 1. The normalized spacial score (nSPS) is 31.2. The summed E-state index contributed by atoms with van der Waals surface area (Å²) in [4.78, 5) is 25.3. The Balaban J connectivity index is 2.12. The van der Waals surface area contributed by atoms with Gasteiger partial charge in [-0.15, -0.1) is 0 Å². The second kappa shape index (κ2) is 6.16. The smallest absolute Gasteiger partial charge is 0.307 e. The molecule has 0 bridgehead atoms. The molecular formula is C13H19NO5. The van der Waals surface area contributed by atoms with Crippen molar-refractivity contribution in [1.82, 2.24) is 4.90 Å². The molecule has 19 heavy (non-hydrogen) atoms. The van der Waals surface area contributed by atoms with Gasteiger partial charge in [-0.2, -0.15) is 0 Å². The van der Waals surface area contributed by atoms with E-state index in [0.29, 0.717) is 32.6 Å². The third kappa shape index (κ3) is 2.96. The quantitative estimate of drug-likeness (QED) is 0.697. The molecule has 2 rings (SSSR count). The fourth-order valence-electron chi connectivity index (χ4n) is 2.67. The van der Waals surface area contributed by atoms with Crippen molar-refractivity contribution < 1.29 is 24.5 Å². The predicted octanol–water partition coefficient (Wildman–Crippen LogP) is -0.127. The van der Waals surface area contributed by atoms with Crippen LogP contribution < -0.4 is 0 Å². The number of aliphatic hydroxyl groups is 1. The maximum absolute atomic E-state index is 12.5. The summed E-state index contributed by atoms with van der Waals surface area (Å²) in [7, 11) is 0. The molecule has 0 aromatic carbocycles. The minimum atomic E-state index is -0.934. The summed E-state index contributed by atoms with van der Waals surface area (Å²) in [5, 5.41) is 18.5. The summed E-state index contributed by atoms with van der Waals surface area (Å²) >= 11 is 0. The molecule has 1 unspecified atom stereocenters. The third-order valence-electron chi connectivity index (χ3n) is 3.79. The van der Waals surface area contributed by atoms with Crippen molar-refractivity contribution in [1.29, 1.82) is 0 Å². The summed E-state index contributed by atoms with van der Waals surface area (Å²) < 4.78 is 5.23. The standard InChI is InChI=1S/C13H19NO5/c15-7-9-8-19-6-5-14(9)12(16)10-3-1-2-4-11(10)13(17)18/h1-2,9-11,15H,3-8H2,(H,17,18)/t9?,10-,11+/m1/s1. The largest absolute Gasteiger partial charge is 0.481 e. The lowest BCUT2D eigenvalue weighted by molar-refractivity contribution is -0.155. The lowest BCUT2D eigenvalue weighted by Gasteiger charge is -2.38. The number of hydrogen-bond acceptors (Lipinski definition) is 4. The van der Waals surface area contributed by atoms with Crippen LogP contribution in [0.15, 0.2) is 12.2 Å². The van der Waals surface area contributed by atoms with E-state index in [1.807, 2.05) is 12.2 Å². The van der Waals surface area contributed by atoms with E-state index < -0.39 is 17.8 Å². The molecule has 1 aliphatic heterocycles. The number of aliphatic hydroxyl groups excluding tert-OH is 1. The zero-order valence-electron chi connectivity index (χ0n) is 10.7. The zero-order chi connectivity index (χ0) is 13.8. The SMILES string of the molecule is O=C(O)[C@H]1CC=CC[C@H]1C(=O)N1CCOCC1CO. The van der Waals surface area contributed by atoms with Crippen molar-refractivity contribution in [3.8, 4) is 0 Å². The lowest BCUT2D eigenvalue weighted by Crippen LogP contribution is -2.53. The van der Waals surface area contributed by atoms with Gasteiger partial charge in [0, 0.05) is 6.54 Å². The van der Waals surface area contributed by atoms with E-state index >= 15 is 0 Å². The average Bonchev–Trinajstić information content (AvgIpc) is 2.46. The maximum atomic E-state index is 12.5. The van der Waals surface area contributed by atoms with E-state index in [-0.39, 0.29) is 18.6 Å². The molecule has 0 radical (unpaired) electrons. The number of allylic oxidation sites excluding steroid dienone is 2. The molecule has 3 atom stereocenters. The van der Waals surface area contributed by atoms with Gasteiger partial charge in [-0.25, -0.2) is 0 Å². The predicted molar refractivity (Wildman–Crippen MR) is 66.4 cm³/mol. The Kier molecular flexibility index (Phi) is 4.55. The van der Waals surface area contributed by atoms with Crippen LogP contribution in [0.3, 0.4) is 0 Å². The van der Waals surface area contributed by atoms with Crippen LogP contribution in [-0.4, -0.2) is 59.4 Å². The van der Waals surface area contributed by atoms with Crippen LogP contribution in [0.5, 0.6) is 0 Å². The molecule has 1 fully saturated rings. The molecule has 0 spiro atoms. The number of carbonyl (C=O) groups excluding carboxylic acids is 1. The Morgan fingerprint density at radius 2 is 1.95 bits per heavy atom. The Labute approximate surface area is 111 Å². The number of amides is 1. The van der Waals surface area contributed by atoms with Crippen LogP contribution in [-0.2, 0) is 14.3 Å². The number of ether oxygens (including phenoxy) is 1. The lowest BCUT2D eigenvalue weighted by atomic mass is 9.82. The van der Waals surface area contributed by atoms with Gasteiger partial charge in [0.05, 0.1) is 37.7 Å². The average molecular weight is 269 g/mol. The molecule has 1 heterocycles. The summed E-state index contributed by atoms with van der Waals surface area (Å²) in [5.41, 5.74) is 0. The summed E-state index contributed by atoms with van der Waals surface area (Å²) in [5.74, 6) is -2.31. The van der Waals surface area contributed by atoms with Gasteiger partial charge in [0.25, 0.3) is 0 Å². The first-order chi connectivity index (χ1) is 9.15. The number of carboxylic acid groups (broad SMARTS) is 1. The topological polar surface area (TPSA) is 87.1 Å². The van der Waals surface area contributed by atoms with Gasteiger partial charge in [0.1, 0.15) is 0 Å². The Morgan fingerprint density at radius 3 is 2.58 bits per heavy atom. The van der Waals surface area contributed by atoms with Gasteiger partial charge >= 0.3 is 5.97 Å². The van der Waals surface area contributed by atoms with E-state index in [4.69, 9.17) is 4.74 Å². The first-order valence-electron chi connectivity index (χ1n) is 6.52. The molecule has 0 saturated carbocycles. The van der Waals surface area contributed by atoms with Crippen molar-refractivity contribution in [2.75, 3.05) is 26.4 Å². The number of rotatable bonds is 3. The highest BCUT2D eigenvalue weighted by atomic mass is 16.5. The van der Waals surface area contributed by atoms with Gasteiger partial charge in [0.15, 0.2) is 0 Å². The minimum absolute atomic E-state index is 0.161. The highest BCUT2D eigenvalue weighted by Gasteiger charge is 2.39. The van der Waals surface area contributed by atoms with Crippen LogP contribution in [0.4, 0.5) is 0 Å². The van der Waals surface area contributed by atoms with E-state index in [9.17, 15) is 19.8 Å². The molecule has 0 aromatic rings. The number of nitrogens with zero attached hydrogens (tertiary/aromatic N) is 1. The van der Waals surface area contributed by atoms with Crippen LogP contribution in [0, 0.1) is 11.8 Å². The number of aliphatic carboxylic acids is 1. The van der Waals surface area contributed by atoms with Crippen LogP contribution >= 0.6 is 0 Å². The van der Waals surface area contributed by atoms with Gasteiger partial charge in [-0.1, -0.05) is 12.2 Å². The summed E-state index contributed by atoms with van der Waals surface area (Å²) in [6.07, 6.45) is 4.51. The van der Waals surface area contributed by atoms with Crippen molar-refractivity contribution in [3.63, 3.8) is 0 Å². The molecule has 1 aliphatic carbocycles. The zero-order valence-corrected chi connectivity index (χ0v) is 10.7. The fraction of sp³-hybridized carbons (Fsp3) is 0.692. The molecule has 6 nitrogen and oxygen atoms in total. The summed E-state index contributed by atoms with van der Waals surface area (Å²) in [6, 6.07) is -0.360. The first kappa shape index (κ1) is 14.0. The van der Waals surface area contributed by atoms with Crippen molar-refractivity contribution >= 4 is 11.9 Å². The Morgan fingerprint density at radius 1 is 1.26 bits per heavy atom. The molecule has 6 heteroatoms. The molecule has 0 aromatic heterocycles. The van der Waals surface area contributed by atoms with Crippen molar-refractivity contribution in [2.45, 2.75) is 18.9 Å². The molecule has 2 N–H and O–H groups in total. The third-order valence-corrected chi connectivity index (χ3v) is 3.79. The van der Waals surface area contributed by atoms with E-state index in [1.165, 1.54) is 0 Å². The van der Waals surface area contributed by atoms with E-state index in [1.54, 1.807) is 4.90 Å². The minimum Gasteiger partial charge on any atom is -0.481 e. The van der Waals surface area contributed by atoms with Gasteiger partial charge in [0.2, 0.25) is 5.91 Å². The highest BCUT2D eigenvalue weighted by Crippen LogP contribution is 2.28. The van der Waals surface area contributed by atoms with Crippen LogP contribution in [0.25, 0.3) is 0 Å². The molecule has 106 valence electrons. The second-order valence-corrected chi connectivity index (χ2v) is 4.94. The van der Waals surface area contributed by atoms with Gasteiger partial charge in [-0.05, 0) is 12.8 Å². The van der Waals surface area contributed by atoms with E-state index in [2.05, 4.69) is 0 Å². The van der Waals surface area contributed by atoms with Crippen LogP contribution in [0.2, 0.25) is 0 Å². The van der Waals surface area contributed by atoms with Crippen LogP contribution in [0.1, 0.15) is 12.8 Å². The maximum Gasteiger partial charge on any atom is 0.307 e. The van der Waals surface area contributed by atoms with Gasteiger partial charge < -0.3 is 19.8 Å². The molecular weight excluding hydrogens is 250 g/mol. The van der Waals surface area contributed by atoms with Crippen molar-refractivity contribution in [2.24, 2.45) is 11.8 Å². The van der Waals surface area contributed by atoms with E-state index in [0.717, 1.165) is 0 Å². The highest BCUT2D eigenvalue weighted by molar-refractivity contribution is 5.85. The fourth-order valence-corrected chi connectivity index (χ4v) is 2.67. The summed E-state index contributed by atoms with van der Waals surface area (Å²) in [6.45, 7) is 0.994. The molecule has 1 saturated heterocycles. The Bertz CT molecular complexity index is 381. The van der Waals surface area contributed by atoms with Crippen molar-refractivity contribution in [3.05, 3.63) is 12.2 Å². The first-order valence-corrected chi connectivity index (χ1v) is 6.52. The second-order valence-electron chi connectivity index (χ2n) is 4.94. The van der Waals surface area contributed by atoms with Gasteiger partial charge in [-0.3, -0.25) is 9.59 Å².